The van der Waals surface area contributed by atoms with Gasteiger partial charge in [-0.1, -0.05) is 160 Å². The van der Waals surface area contributed by atoms with Gasteiger partial charge in [-0.2, -0.15) is 12.1 Å². The summed E-state index contributed by atoms with van der Waals surface area (Å²) < 4.78 is 0. The van der Waals surface area contributed by atoms with Crippen molar-refractivity contribution >= 4 is 21.5 Å². The average Bonchev–Trinajstić information content (AvgIpc) is 3.81. The zero-order valence-corrected chi connectivity index (χ0v) is 36.3. The van der Waals surface area contributed by atoms with Gasteiger partial charge >= 0.3 is 25.8 Å². The molecule has 268 valence electrons. The molecule has 8 rings (SSSR count). The molecule has 0 unspecified atom stereocenters. The second-order valence-electron chi connectivity index (χ2n) is 15.1. The molecule has 0 radical (unpaired) electrons. The van der Waals surface area contributed by atoms with Crippen LogP contribution >= 0.6 is 0 Å². The van der Waals surface area contributed by atoms with Crippen LogP contribution < -0.4 is 0 Å². The third-order valence-corrected chi connectivity index (χ3v) is 11.0. The van der Waals surface area contributed by atoms with Crippen molar-refractivity contribution in [3.63, 3.8) is 0 Å². The molecule has 1 heteroatoms. The maximum atomic E-state index is 2.52. The predicted molar refractivity (Wildman–Crippen MR) is 232 cm³/mol. The quantitative estimate of drug-likeness (QED) is 0.0949. The summed E-state index contributed by atoms with van der Waals surface area (Å²) in [6.07, 6.45) is 1.79. The van der Waals surface area contributed by atoms with Gasteiger partial charge < -0.3 is 14.9 Å². The predicted octanol–water partition coefficient (Wildman–Crippen LogP) is 14.7. The number of hydrogen-bond donors (Lipinski definition) is 0. The standard InChI is InChI=1S/C51H46.2CH3.Hf/c1-35(2)39-19-11-21-41(27-39)47-25-13-23-43-29-45(31-49(43)47)51(33-37-15-7-5-8-16-37,34-38-17-9-6-10-18-38)46-30-44-24-14-26-48(50(44)32-46)42-22-12-20-40(28-42)36(3)4;;;/h5-32,35-36H,33-34H2,1-4H3;2*1H3;/q-2;2*-1;+4. The second kappa shape index (κ2) is 17.3. The van der Waals surface area contributed by atoms with Crippen molar-refractivity contribution in [3.8, 4) is 22.3 Å². The molecule has 0 aliphatic heterocycles. The molecule has 0 aliphatic rings. The molecular formula is C53H52Hf. The summed E-state index contributed by atoms with van der Waals surface area (Å²) in [5.41, 5.74) is 13.0. The molecule has 0 atom stereocenters. The van der Waals surface area contributed by atoms with Crippen molar-refractivity contribution in [2.45, 2.75) is 57.8 Å². The molecular weight excluding hydrogens is 815 g/mol. The van der Waals surface area contributed by atoms with Gasteiger partial charge in [0, 0.05) is 0 Å². The van der Waals surface area contributed by atoms with Crippen molar-refractivity contribution in [1.82, 2.24) is 0 Å². The van der Waals surface area contributed by atoms with Crippen LogP contribution in [0, 0.1) is 14.9 Å². The van der Waals surface area contributed by atoms with E-state index < -0.39 is 0 Å². The Morgan fingerprint density at radius 3 is 1.22 bits per heavy atom. The van der Waals surface area contributed by atoms with Crippen LogP contribution in [0.1, 0.15) is 72.9 Å². The van der Waals surface area contributed by atoms with Crippen molar-refractivity contribution < 1.29 is 25.8 Å². The van der Waals surface area contributed by atoms with Gasteiger partial charge in [0.2, 0.25) is 0 Å². The smallest absolute Gasteiger partial charge is 0.358 e. The zero-order chi connectivity index (χ0) is 35.0. The van der Waals surface area contributed by atoms with E-state index in [-0.39, 0.29) is 46.1 Å². The molecule has 0 nitrogen and oxygen atoms in total. The fourth-order valence-corrected chi connectivity index (χ4v) is 8.18. The molecule has 8 aromatic rings. The molecule has 0 heterocycles. The van der Waals surface area contributed by atoms with Gasteiger partial charge in [-0.15, -0.1) is 69.1 Å². The maximum Gasteiger partial charge on any atom is 4.00 e. The van der Waals surface area contributed by atoms with E-state index in [4.69, 9.17) is 0 Å². The maximum absolute atomic E-state index is 2.52. The molecule has 0 saturated carbocycles. The molecule has 0 bridgehead atoms. The third-order valence-electron chi connectivity index (χ3n) is 11.0. The minimum Gasteiger partial charge on any atom is -0.358 e. The van der Waals surface area contributed by atoms with Crippen LogP contribution in [0.5, 0.6) is 0 Å². The first-order valence-corrected chi connectivity index (χ1v) is 18.6. The van der Waals surface area contributed by atoms with E-state index in [1.165, 1.54) is 77.2 Å². The minimum atomic E-state index is -0.311. The Balaban J connectivity index is 0.00000187. The summed E-state index contributed by atoms with van der Waals surface area (Å²) in [6.45, 7) is 9.10. The van der Waals surface area contributed by atoms with Crippen molar-refractivity contribution in [2.24, 2.45) is 0 Å². The molecule has 0 fully saturated rings. The number of fused-ring (bicyclic) bond motifs is 2. The van der Waals surface area contributed by atoms with E-state index in [2.05, 4.69) is 198 Å². The van der Waals surface area contributed by atoms with Gasteiger partial charge in [0.15, 0.2) is 0 Å². The van der Waals surface area contributed by atoms with E-state index in [1.807, 2.05) is 0 Å². The Labute approximate surface area is 343 Å². The first-order valence-electron chi connectivity index (χ1n) is 18.6. The van der Waals surface area contributed by atoms with Crippen LogP contribution in [0.2, 0.25) is 0 Å². The van der Waals surface area contributed by atoms with E-state index in [9.17, 15) is 0 Å². The summed E-state index contributed by atoms with van der Waals surface area (Å²) in [5.74, 6) is 0.959. The number of rotatable bonds is 10. The zero-order valence-electron chi connectivity index (χ0n) is 32.7. The van der Waals surface area contributed by atoms with Crippen molar-refractivity contribution in [2.75, 3.05) is 0 Å². The average molecular weight is 867 g/mol. The molecule has 0 spiro atoms. The number of hydrogen-bond acceptors (Lipinski definition) is 0. The SMILES string of the molecule is CC(C)c1cccc(-c2cccc3[cH-]c(C(Cc4ccccc4)(Cc4ccccc4)c4cc5c(-c6cccc(C(C)C)c6)cccc5[cH-]4)cc23)c1.[CH3-].[CH3-].[Hf+4]. The summed E-state index contributed by atoms with van der Waals surface area (Å²) in [4.78, 5) is 0. The van der Waals surface area contributed by atoms with Crippen LogP contribution in [0.4, 0.5) is 0 Å². The van der Waals surface area contributed by atoms with Gasteiger partial charge in [0.05, 0.1) is 0 Å². The van der Waals surface area contributed by atoms with Gasteiger partial charge in [0.1, 0.15) is 0 Å². The van der Waals surface area contributed by atoms with Crippen LogP contribution in [-0.4, -0.2) is 0 Å². The Hall–Kier alpha value is -4.59. The minimum absolute atomic E-state index is 0. The number of benzene rings is 6. The van der Waals surface area contributed by atoms with E-state index in [0.29, 0.717) is 11.8 Å². The summed E-state index contributed by atoms with van der Waals surface area (Å²) >= 11 is 0. The van der Waals surface area contributed by atoms with E-state index in [1.54, 1.807) is 0 Å². The Morgan fingerprint density at radius 2 is 0.833 bits per heavy atom. The van der Waals surface area contributed by atoms with Gasteiger partial charge in [-0.3, -0.25) is 0 Å². The summed E-state index contributed by atoms with van der Waals surface area (Å²) in [5, 5.41) is 5.23. The van der Waals surface area contributed by atoms with Crippen LogP contribution in [0.25, 0.3) is 43.8 Å². The Morgan fingerprint density at radius 1 is 0.444 bits per heavy atom. The molecule has 0 aromatic heterocycles. The third kappa shape index (κ3) is 7.94. The van der Waals surface area contributed by atoms with E-state index in [0.717, 1.165) is 12.8 Å². The Kier molecular flexibility index (Phi) is 13.0. The van der Waals surface area contributed by atoms with Crippen LogP contribution in [-0.2, 0) is 44.1 Å². The van der Waals surface area contributed by atoms with Crippen LogP contribution in [0.3, 0.4) is 0 Å². The first kappa shape index (κ1) is 40.6. The topological polar surface area (TPSA) is 0 Å². The largest absolute Gasteiger partial charge is 4.00 e. The van der Waals surface area contributed by atoms with Crippen molar-refractivity contribution in [3.05, 3.63) is 218 Å². The van der Waals surface area contributed by atoms with Gasteiger partial charge in [-0.25, -0.2) is 0 Å². The van der Waals surface area contributed by atoms with Crippen molar-refractivity contribution in [1.29, 1.82) is 0 Å². The molecule has 54 heavy (non-hydrogen) atoms. The normalized spacial score (nSPS) is 11.4. The van der Waals surface area contributed by atoms with Gasteiger partial charge in [-0.05, 0) is 63.5 Å². The molecule has 0 saturated heterocycles. The fourth-order valence-electron chi connectivity index (χ4n) is 8.18. The first-order chi connectivity index (χ1) is 24.9. The second-order valence-corrected chi connectivity index (χ2v) is 15.1. The molecule has 0 aliphatic carbocycles. The molecule has 0 N–H and O–H groups in total. The van der Waals surface area contributed by atoms with E-state index >= 15 is 0 Å². The van der Waals surface area contributed by atoms with Crippen LogP contribution in [0.15, 0.2) is 170 Å². The molecule has 8 aromatic carbocycles. The summed E-state index contributed by atoms with van der Waals surface area (Å²) in [7, 11) is 0. The van der Waals surface area contributed by atoms with Gasteiger partial charge in [0.25, 0.3) is 0 Å². The fraction of sp³-hybridized carbons (Fsp3) is 0.170. The molecule has 0 amide bonds. The summed E-state index contributed by atoms with van der Waals surface area (Å²) in [6, 6.07) is 64.1. The monoisotopic (exact) mass is 868 g/mol. The Bertz CT molecular complexity index is 2250.